The highest BCUT2D eigenvalue weighted by Crippen LogP contribution is 2.26. The molecule has 0 unspecified atom stereocenters. The maximum Gasteiger partial charge on any atom is 0.358 e. The Bertz CT molecular complexity index is 729. The van der Waals surface area contributed by atoms with Crippen molar-refractivity contribution in [2.24, 2.45) is 0 Å². The molecule has 9 heteroatoms. The van der Waals surface area contributed by atoms with E-state index in [1.807, 2.05) is 0 Å². The number of ether oxygens (including phenoxy) is 1. The van der Waals surface area contributed by atoms with Gasteiger partial charge in [-0.15, -0.1) is 5.10 Å². The SMILES string of the molecule is CC(C)Oc1ccc(F)cc1NC(=O)Cn1cc(C(=O)O)nn1. The lowest BCUT2D eigenvalue weighted by molar-refractivity contribution is -0.117. The number of hydrogen-bond acceptors (Lipinski definition) is 5. The van der Waals surface area contributed by atoms with Gasteiger partial charge >= 0.3 is 5.97 Å². The van der Waals surface area contributed by atoms with Crippen LogP contribution in [0.1, 0.15) is 24.3 Å². The van der Waals surface area contributed by atoms with E-state index in [-0.39, 0.29) is 24.0 Å². The Morgan fingerprint density at radius 2 is 2.17 bits per heavy atom. The molecule has 0 radical (unpaired) electrons. The van der Waals surface area contributed by atoms with Gasteiger partial charge in [-0.05, 0) is 26.0 Å². The molecule has 0 saturated heterocycles. The zero-order valence-electron chi connectivity index (χ0n) is 12.5. The smallest absolute Gasteiger partial charge is 0.358 e. The number of rotatable bonds is 6. The Labute approximate surface area is 130 Å². The van der Waals surface area contributed by atoms with Crippen LogP contribution in [0.5, 0.6) is 5.75 Å². The van der Waals surface area contributed by atoms with E-state index in [0.29, 0.717) is 5.75 Å². The van der Waals surface area contributed by atoms with E-state index in [2.05, 4.69) is 15.6 Å². The van der Waals surface area contributed by atoms with Crippen LogP contribution in [0.2, 0.25) is 0 Å². The number of carbonyl (C=O) groups excluding carboxylic acids is 1. The Kier molecular flexibility index (Phi) is 4.89. The molecule has 0 spiro atoms. The zero-order chi connectivity index (χ0) is 17.0. The molecule has 1 amide bonds. The van der Waals surface area contributed by atoms with Crippen LogP contribution < -0.4 is 10.1 Å². The Balaban J connectivity index is 2.09. The van der Waals surface area contributed by atoms with Crippen LogP contribution in [0.15, 0.2) is 24.4 Å². The molecule has 1 heterocycles. The quantitative estimate of drug-likeness (QED) is 0.835. The number of carbonyl (C=O) groups is 2. The van der Waals surface area contributed by atoms with Crippen LogP contribution in [0, 0.1) is 5.82 Å². The van der Waals surface area contributed by atoms with E-state index < -0.39 is 17.7 Å². The van der Waals surface area contributed by atoms with E-state index in [9.17, 15) is 14.0 Å². The first kappa shape index (κ1) is 16.4. The number of halogens is 1. The summed E-state index contributed by atoms with van der Waals surface area (Å²) in [6, 6.07) is 3.78. The molecule has 8 nitrogen and oxygen atoms in total. The third-order valence-corrected chi connectivity index (χ3v) is 2.64. The largest absolute Gasteiger partial charge is 0.489 e. The van der Waals surface area contributed by atoms with Crippen molar-refractivity contribution in [2.45, 2.75) is 26.5 Å². The van der Waals surface area contributed by atoms with Crippen LogP contribution in [-0.4, -0.2) is 38.1 Å². The molecule has 0 aliphatic rings. The van der Waals surface area contributed by atoms with Crippen molar-refractivity contribution in [3.05, 3.63) is 35.9 Å². The Morgan fingerprint density at radius 3 is 2.78 bits per heavy atom. The predicted molar refractivity (Wildman–Crippen MR) is 77.8 cm³/mol. The van der Waals surface area contributed by atoms with Crippen LogP contribution in [0.25, 0.3) is 0 Å². The zero-order valence-corrected chi connectivity index (χ0v) is 12.5. The van der Waals surface area contributed by atoms with Crippen molar-refractivity contribution >= 4 is 17.6 Å². The fraction of sp³-hybridized carbons (Fsp3) is 0.286. The summed E-state index contributed by atoms with van der Waals surface area (Å²) in [6.07, 6.45) is 0.975. The normalized spacial score (nSPS) is 10.6. The summed E-state index contributed by atoms with van der Waals surface area (Å²) in [6.45, 7) is 3.34. The van der Waals surface area contributed by atoms with Gasteiger partial charge in [0.1, 0.15) is 18.1 Å². The monoisotopic (exact) mass is 322 g/mol. The molecule has 1 aromatic heterocycles. The average molecular weight is 322 g/mol. The Hall–Kier alpha value is -2.97. The predicted octanol–water partition coefficient (Wildman–Crippen LogP) is 1.54. The van der Waals surface area contributed by atoms with Crippen LogP contribution in [-0.2, 0) is 11.3 Å². The van der Waals surface area contributed by atoms with Crippen molar-refractivity contribution in [3.8, 4) is 5.75 Å². The maximum atomic E-state index is 13.4. The van der Waals surface area contributed by atoms with Gasteiger partial charge in [-0.25, -0.2) is 13.9 Å². The van der Waals surface area contributed by atoms with E-state index in [1.165, 1.54) is 12.1 Å². The number of amides is 1. The number of anilines is 1. The second-order valence-corrected chi connectivity index (χ2v) is 4.96. The van der Waals surface area contributed by atoms with Gasteiger partial charge in [0.25, 0.3) is 0 Å². The molecule has 0 aliphatic carbocycles. The van der Waals surface area contributed by atoms with Gasteiger partial charge in [0.2, 0.25) is 5.91 Å². The van der Waals surface area contributed by atoms with Crippen molar-refractivity contribution in [1.29, 1.82) is 0 Å². The van der Waals surface area contributed by atoms with Crippen LogP contribution >= 0.6 is 0 Å². The minimum atomic E-state index is -1.24. The maximum absolute atomic E-state index is 13.4. The van der Waals surface area contributed by atoms with Gasteiger partial charge in [-0.3, -0.25) is 4.79 Å². The molecule has 2 aromatic rings. The average Bonchev–Trinajstić information content (AvgIpc) is 2.90. The second-order valence-electron chi connectivity index (χ2n) is 4.96. The third kappa shape index (κ3) is 4.50. The minimum Gasteiger partial charge on any atom is -0.489 e. The summed E-state index contributed by atoms with van der Waals surface area (Å²) in [5.41, 5.74) is -0.0883. The summed E-state index contributed by atoms with van der Waals surface area (Å²) in [5, 5.41) is 18.2. The van der Waals surface area contributed by atoms with E-state index >= 15 is 0 Å². The molecule has 0 saturated carbocycles. The van der Waals surface area contributed by atoms with Crippen molar-refractivity contribution in [2.75, 3.05) is 5.32 Å². The first-order chi connectivity index (χ1) is 10.8. The molecule has 0 bridgehead atoms. The number of aromatic nitrogens is 3. The molecular formula is C14H15FN4O4. The summed E-state index contributed by atoms with van der Waals surface area (Å²) in [5.74, 6) is -1.95. The number of hydrogen-bond donors (Lipinski definition) is 2. The van der Waals surface area contributed by atoms with E-state index in [1.54, 1.807) is 13.8 Å². The number of benzene rings is 1. The van der Waals surface area contributed by atoms with E-state index in [4.69, 9.17) is 9.84 Å². The molecule has 0 atom stereocenters. The fourth-order valence-corrected chi connectivity index (χ4v) is 1.77. The molecular weight excluding hydrogens is 307 g/mol. The van der Waals surface area contributed by atoms with Gasteiger partial charge < -0.3 is 15.2 Å². The van der Waals surface area contributed by atoms with Crippen molar-refractivity contribution < 1.29 is 23.8 Å². The number of carboxylic acid groups (broad SMARTS) is 1. The molecule has 2 N–H and O–H groups in total. The first-order valence-electron chi connectivity index (χ1n) is 6.74. The highest BCUT2D eigenvalue weighted by molar-refractivity contribution is 5.92. The number of nitrogens with one attached hydrogen (secondary N) is 1. The molecule has 1 aromatic carbocycles. The van der Waals surface area contributed by atoms with Gasteiger partial charge in [0, 0.05) is 6.07 Å². The lowest BCUT2D eigenvalue weighted by Crippen LogP contribution is -2.20. The molecule has 0 aliphatic heterocycles. The van der Waals surface area contributed by atoms with Crippen molar-refractivity contribution in [1.82, 2.24) is 15.0 Å². The number of carboxylic acids is 1. The van der Waals surface area contributed by atoms with Gasteiger partial charge in [0.15, 0.2) is 5.69 Å². The summed E-state index contributed by atoms with van der Waals surface area (Å²) >= 11 is 0. The summed E-state index contributed by atoms with van der Waals surface area (Å²) < 4.78 is 19.9. The second kappa shape index (κ2) is 6.86. The fourth-order valence-electron chi connectivity index (χ4n) is 1.77. The third-order valence-electron chi connectivity index (χ3n) is 2.64. The van der Waals surface area contributed by atoms with Crippen LogP contribution in [0.3, 0.4) is 0 Å². The van der Waals surface area contributed by atoms with Crippen LogP contribution in [0.4, 0.5) is 10.1 Å². The molecule has 2 rings (SSSR count). The topological polar surface area (TPSA) is 106 Å². The van der Waals surface area contributed by atoms with Gasteiger partial charge in [-0.2, -0.15) is 0 Å². The molecule has 0 fully saturated rings. The first-order valence-corrected chi connectivity index (χ1v) is 6.74. The summed E-state index contributed by atoms with van der Waals surface area (Å²) in [4.78, 5) is 22.7. The van der Waals surface area contributed by atoms with E-state index in [0.717, 1.165) is 16.9 Å². The summed E-state index contributed by atoms with van der Waals surface area (Å²) in [7, 11) is 0. The van der Waals surface area contributed by atoms with Gasteiger partial charge in [-0.1, -0.05) is 5.21 Å². The standard InChI is InChI=1S/C14H15FN4O4/c1-8(2)23-12-4-3-9(15)5-10(12)16-13(20)7-19-6-11(14(21)22)17-18-19/h3-6,8H,7H2,1-2H3,(H,16,20)(H,21,22). The minimum absolute atomic E-state index is 0.149. The lowest BCUT2D eigenvalue weighted by Gasteiger charge is -2.15. The van der Waals surface area contributed by atoms with Crippen molar-refractivity contribution in [3.63, 3.8) is 0 Å². The lowest BCUT2D eigenvalue weighted by atomic mass is 10.2. The van der Waals surface area contributed by atoms with Gasteiger partial charge in [0.05, 0.1) is 18.0 Å². The highest BCUT2D eigenvalue weighted by Gasteiger charge is 2.13. The Morgan fingerprint density at radius 1 is 1.43 bits per heavy atom. The number of nitrogens with zero attached hydrogens (tertiary/aromatic N) is 3. The highest BCUT2D eigenvalue weighted by atomic mass is 19.1. The number of aromatic carboxylic acids is 1. The molecule has 23 heavy (non-hydrogen) atoms. The molecule has 122 valence electrons.